The summed E-state index contributed by atoms with van der Waals surface area (Å²) in [5.41, 5.74) is -3.20. The number of alkyl halides is 3. The summed E-state index contributed by atoms with van der Waals surface area (Å²) in [6, 6.07) is 0. The molecule has 0 radical (unpaired) electrons. The zero-order valence-electron chi connectivity index (χ0n) is 15.5. The van der Waals surface area contributed by atoms with E-state index in [0.29, 0.717) is 0 Å². The Labute approximate surface area is 163 Å². The van der Waals surface area contributed by atoms with Gasteiger partial charge in [0.1, 0.15) is 0 Å². The number of aliphatic carboxylic acids is 1. The van der Waals surface area contributed by atoms with Gasteiger partial charge in [-0.05, 0) is 5.41 Å². The van der Waals surface area contributed by atoms with E-state index in [2.05, 4.69) is 15.6 Å². The Balaban J connectivity index is 2.30. The first-order valence-electron chi connectivity index (χ1n) is 8.37. The average Bonchev–Trinajstić information content (AvgIpc) is 2.94. The van der Waals surface area contributed by atoms with Gasteiger partial charge in [-0.2, -0.15) is 13.2 Å². The minimum absolute atomic E-state index is 0.0148. The molecule has 2 rings (SSSR count). The van der Waals surface area contributed by atoms with E-state index in [1.54, 1.807) is 13.8 Å². The van der Waals surface area contributed by atoms with Crippen LogP contribution in [0, 0.1) is 29.1 Å². The Morgan fingerprint density at radius 2 is 2.03 bits per heavy atom. The predicted molar refractivity (Wildman–Crippen MR) is 92.7 cm³/mol. The number of nitrogens with zero attached hydrogens (tertiary/aromatic N) is 1. The van der Waals surface area contributed by atoms with Crippen molar-refractivity contribution in [2.75, 3.05) is 6.61 Å². The van der Waals surface area contributed by atoms with Crippen LogP contribution in [0.4, 0.5) is 13.2 Å². The van der Waals surface area contributed by atoms with Crippen LogP contribution in [0.3, 0.4) is 0 Å². The molecule has 1 fully saturated rings. The number of aromatic hydroxyl groups is 1. The molecule has 3 N–H and O–H groups in total. The zero-order chi connectivity index (χ0) is 22.2. The number of terminal acetylenes is 1. The molecule has 2 atom stereocenters. The Morgan fingerprint density at radius 1 is 1.41 bits per heavy atom. The molecule has 1 aliphatic rings. The number of rotatable bonds is 7. The van der Waals surface area contributed by atoms with Gasteiger partial charge in [-0.25, -0.2) is 9.59 Å². The van der Waals surface area contributed by atoms with Gasteiger partial charge >= 0.3 is 23.8 Å². The second kappa shape index (κ2) is 7.35. The van der Waals surface area contributed by atoms with Crippen LogP contribution in [0.2, 0.25) is 0 Å². The molecule has 1 saturated carbocycles. The number of carbonyl (C=O) groups excluding carboxylic acids is 1. The summed E-state index contributed by atoms with van der Waals surface area (Å²) in [5, 5.41) is 19.8. The number of carboxylic acids is 1. The molecule has 0 spiro atoms. The van der Waals surface area contributed by atoms with Gasteiger partial charge < -0.3 is 14.9 Å². The summed E-state index contributed by atoms with van der Waals surface area (Å²) in [4.78, 5) is 37.6. The monoisotopic (exact) mass is 416 g/mol. The number of allylic oxidation sites excluding steroid dienone is 1. The third-order valence-electron chi connectivity index (χ3n) is 5.32. The predicted octanol–water partition coefficient (Wildman–Crippen LogP) is 1.45. The summed E-state index contributed by atoms with van der Waals surface area (Å²) in [6.07, 6.45) is 2.14. The largest absolute Gasteiger partial charge is 0.493 e. The third-order valence-corrected chi connectivity index (χ3v) is 5.32. The second-order valence-electron chi connectivity index (χ2n) is 7.25. The van der Waals surface area contributed by atoms with Gasteiger partial charge in [-0.1, -0.05) is 25.8 Å². The van der Waals surface area contributed by atoms with Gasteiger partial charge in [0.15, 0.2) is 6.61 Å². The number of imidazole rings is 1. The van der Waals surface area contributed by atoms with Crippen molar-refractivity contribution in [3.63, 3.8) is 0 Å². The molecule has 1 heterocycles. The maximum absolute atomic E-state index is 12.1. The Bertz CT molecular complexity index is 950. The van der Waals surface area contributed by atoms with Gasteiger partial charge in [0.05, 0.1) is 17.7 Å². The van der Waals surface area contributed by atoms with Crippen molar-refractivity contribution in [3.05, 3.63) is 28.3 Å². The number of aromatic amines is 1. The quantitative estimate of drug-likeness (QED) is 0.351. The van der Waals surface area contributed by atoms with Crippen molar-refractivity contribution in [3.8, 4) is 18.2 Å². The first kappa shape index (κ1) is 22.1. The first-order chi connectivity index (χ1) is 13.3. The number of carbonyl (C=O) groups is 2. The summed E-state index contributed by atoms with van der Waals surface area (Å²) in [5.74, 6) is -1.61. The number of nitrogens with one attached hydrogen (secondary N) is 1. The van der Waals surface area contributed by atoms with Crippen LogP contribution in [0.25, 0.3) is 0 Å². The van der Waals surface area contributed by atoms with E-state index in [1.165, 1.54) is 6.08 Å². The third kappa shape index (κ3) is 4.01. The Morgan fingerprint density at radius 3 is 2.55 bits per heavy atom. The molecule has 1 aromatic rings. The second-order valence-corrected chi connectivity index (χ2v) is 7.25. The average molecular weight is 416 g/mol. The smallest absolute Gasteiger partial charge is 0.422 e. The Hall–Kier alpha value is -3.16. The number of H-pyrrole nitrogens is 1. The molecule has 11 heteroatoms. The van der Waals surface area contributed by atoms with Crippen LogP contribution in [0.15, 0.2) is 16.9 Å². The van der Waals surface area contributed by atoms with Gasteiger partial charge in [-0.3, -0.25) is 14.3 Å². The molecule has 1 aromatic heterocycles. The van der Waals surface area contributed by atoms with E-state index in [0.717, 1.165) is 10.6 Å². The highest BCUT2D eigenvalue weighted by molar-refractivity contribution is 5.85. The van der Waals surface area contributed by atoms with Gasteiger partial charge in [0.25, 0.3) is 0 Å². The van der Waals surface area contributed by atoms with Crippen molar-refractivity contribution < 1.29 is 37.7 Å². The van der Waals surface area contributed by atoms with E-state index < -0.39 is 53.0 Å². The van der Waals surface area contributed by atoms with Crippen LogP contribution in [0.5, 0.6) is 5.88 Å². The fourth-order valence-electron chi connectivity index (χ4n) is 3.69. The minimum Gasteiger partial charge on any atom is -0.493 e. The fourth-order valence-corrected chi connectivity index (χ4v) is 3.69. The van der Waals surface area contributed by atoms with Gasteiger partial charge in [0.2, 0.25) is 5.88 Å². The van der Waals surface area contributed by atoms with Crippen LogP contribution in [-0.4, -0.2) is 44.5 Å². The fraction of sp³-hybridized carbons (Fsp3) is 0.500. The van der Waals surface area contributed by atoms with Crippen LogP contribution in [0.1, 0.15) is 19.5 Å². The van der Waals surface area contributed by atoms with E-state index >= 15 is 0 Å². The lowest BCUT2D eigenvalue weighted by atomic mass is 9.90. The molecule has 1 aliphatic carbocycles. The summed E-state index contributed by atoms with van der Waals surface area (Å²) < 4.78 is 41.4. The lowest BCUT2D eigenvalue weighted by molar-refractivity contribution is -0.182. The minimum atomic E-state index is -4.68. The van der Waals surface area contributed by atoms with Crippen LogP contribution < -0.4 is 5.69 Å². The number of esters is 1. The van der Waals surface area contributed by atoms with E-state index in [-0.39, 0.29) is 18.7 Å². The zero-order valence-corrected chi connectivity index (χ0v) is 15.5. The number of hydrogen-bond acceptors (Lipinski definition) is 5. The SMILES string of the molecule is C#CCn1c(C[C@@]2(C(=O)O)[C@H](C=CC(=O)OCC(F)(F)F)C2(C)C)c(O)[nH]c1=O. The van der Waals surface area contributed by atoms with E-state index in [4.69, 9.17) is 6.42 Å². The van der Waals surface area contributed by atoms with Crippen molar-refractivity contribution in [2.45, 2.75) is 33.0 Å². The molecular formula is C18H19F3N2O6. The number of aromatic nitrogens is 2. The summed E-state index contributed by atoms with van der Waals surface area (Å²) >= 11 is 0. The molecule has 0 saturated heterocycles. The highest BCUT2D eigenvalue weighted by atomic mass is 19.4. The van der Waals surface area contributed by atoms with E-state index in [1.807, 2.05) is 0 Å². The normalized spacial score (nSPS) is 23.0. The number of carboxylic acid groups (broad SMARTS) is 1. The molecule has 0 aliphatic heterocycles. The van der Waals surface area contributed by atoms with Crippen LogP contribution in [-0.2, 0) is 27.3 Å². The molecule has 0 amide bonds. The first-order valence-corrected chi connectivity index (χ1v) is 8.37. The van der Waals surface area contributed by atoms with E-state index in [9.17, 15) is 37.8 Å². The van der Waals surface area contributed by atoms with Crippen molar-refractivity contribution in [1.29, 1.82) is 0 Å². The molecule has 0 bridgehead atoms. The number of hydrogen-bond donors (Lipinski definition) is 3. The molecule has 8 nitrogen and oxygen atoms in total. The molecule has 158 valence electrons. The number of halogens is 3. The topological polar surface area (TPSA) is 122 Å². The lowest BCUT2D eigenvalue weighted by Gasteiger charge is -2.16. The Kier molecular flexibility index (Phi) is 5.61. The summed E-state index contributed by atoms with van der Waals surface area (Å²) in [6.45, 7) is 1.21. The van der Waals surface area contributed by atoms with Crippen molar-refractivity contribution in [1.82, 2.24) is 9.55 Å². The highest BCUT2D eigenvalue weighted by Gasteiger charge is 2.74. The summed E-state index contributed by atoms with van der Waals surface area (Å²) in [7, 11) is 0. The van der Waals surface area contributed by atoms with Crippen molar-refractivity contribution in [2.24, 2.45) is 16.7 Å². The van der Waals surface area contributed by atoms with Gasteiger partial charge in [0, 0.05) is 18.4 Å². The molecule has 29 heavy (non-hydrogen) atoms. The molecule has 0 aromatic carbocycles. The van der Waals surface area contributed by atoms with Crippen LogP contribution >= 0.6 is 0 Å². The van der Waals surface area contributed by atoms with Gasteiger partial charge in [-0.15, -0.1) is 6.42 Å². The molecular weight excluding hydrogens is 397 g/mol. The number of ether oxygens (including phenoxy) is 1. The highest BCUT2D eigenvalue weighted by Crippen LogP contribution is 2.71. The maximum atomic E-state index is 12.1. The standard InChI is InChI=1S/C18H19F3N2O6/c1-4-7-23-10(13(25)22-15(23)28)8-17(14(26)27)11(16(17,2)3)5-6-12(24)29-9-18(19,20)21/h1,5-6,11,25H,7-9H2,2-3H3,(H,22,28)(H,26,27)/t11-,17+/m1/s1. The lowest BCUT2D eigenvalue weighted by Crippen LogP contribution is -2.27. The molecule has 0 unspecified atom stereocenters. The maximum Gasteiger partial charge on any atom is 0.422 e. The van der Waals surface area contributed by atoms with Crippen molar-refractivity contribution >= 4 is 11.9 Å².